The van der Waals surface area contributed by atoms with Crippen molar-refractivity contribution in [3.8, 4) is 6.07 Å². The summed E-state index contributed by atoms with van der Waals surface area (Å²) < 4.78 is 0. The molecule has 1 heterocycles. The first-order valence-electron chi connectivity index (χ1n) is 4.22. The highest BCUT2D eigenvalue weighted by Gasteiger charge is 2.23. The van der Waals surface area contributed by atoms with Crippen LogP contribution in [0.3, 0.4) is 0 Å². The summed E-state index contributed by atoms with van der Waals surface area (Å²) in [7, 11) is 1.67. The first-order chi connectivity index (χ1) is 5.77. The Kier molecular flexibility index (Phi) is 3.48. The molecule has 0 saturated carbocycles. The van der Waals surface area contributed by atoms with Crippen LogP contribution in [0.5, 0.6) is 0 Å². The molecule has 0 aliphatic carbocycles. The van der Waals surface area contributed by atoms with E-state index in [1.54, 1.807) is 7.11 Å². The number of rotatable bonds is 2. The summed E-state index contributed by atoms with van der Waals surface area (Å²) in [5.41, 5.74) is 5.61. The number of piperidine rings is 1. The van der Waals surface area contributed by atoms with Gasteiger partial charge in [0.1, 0.15) is 0 Å². The predicted molar refractivity (Wildman–Crippen MR) is 44.9 cm³/mol. The molecule has 1 aliphatic rings. The van der Waals surface area contributed by atoms with Crippen molar-refractivity contribution in [1.29, 1.82) is 5.26 Å². The van der Waals surface area contributed by atoms with Crippen LogP contribution in [0.4, 0.5) is 0 Å². The van der Waals surface area contributed by atoms with E-state index in [0.717, 1.165) is 25.9 Å². The maximum atomic E-state index is 8.59. The molecule has 1 atom stereocenters. The molecule has 4 heteroatoms. The molecule has 1 saturated heterocycles. The number of hydrogen-bond donors (Lipinski definition) is 1. The SMILES string of the molecule is CON1CCC(C(N)C#N)CC1. The van der Waals surface area contributed by atoms with Crippen molar-refractivity contribution in [2.24, 2.45) is 11.7 Å². The van der Waals surface area contributed by atoms with Crippen molar-refractivity contribution in [3.05, 3.63) is 0 Å². The second-order valence-corrected chi connectivity index (χ2v) is 3.10. The zero-order valence-electron chi connectivity index (χ0n) is 7.36. The van der Waals surface area contributed by atoms with Gasteiger partial charge in [-0.15, -0.1) is 0 Å². The summed E-state index contributed by atoms with van der Waals surface area (Å²) in [5.74, 6) is 0.349. The lowest BCUT2D eigenvalue weighted by atomic mass is 9.91. The van der Waals surface area contributed by atoms with Crippen LogP contribution in [0.15, 0.2) is 0 Å². The highest BCUT2D eigenvalue weighted by atomic mass is 16.7. The van der Waals surface area contributed by atoms with E-state index < -0.39 is 0 Å². The van der Waals surface area contributed by atoms with E-state index in [1.807, 2.05) is 5.06 Å². The van der Waals surface area contributed by atoms with Gasteiger partial charge in [-0.05, 0) is 18.8 Å². The van der Waals surface area contributed by atoms with Crippen LogP contribution in [0.25, 0.3) is 0 Å². The van der Waals surface area contributed by atoms with Crippen molar-refractivity contribution in [2.75, 3.05) is 20.2 Å². The molecule has 0 radical (unpaired) electrons. The molecule has 68 valence electrons. The Morgan fingerprint density at radius 3 is 2.58 bits per heavy atom. The molecule has 1 unspecified atom stereocenters. The monoisotopic (exact) mass is 169 g/mol. The fourth-order valence-corrected chi connectivity index (χ4v) is 1.52. The van der Waals surface area contributed by atoms with Gasteiger partial charge in [0.15, 0.2) is 0 Å². The third-order valence-electron chi connectivity index (χ3n) is 2.41. The molecule has 0 spiro atoms. The number of hydrogen-bond acceptors (Lipinski definition) is 4. The topological polar surface area (TPSA) is 62.3 Å². The van der Waals surface area contributed by atoms with E-state index in [-0.39, 0.29) is 6.04 Å². The first kappa shape index (κ1) is 9.46. The van der Waals surface area contributed by atoms with Gasteiger partial charge in [-0.2, -0.15) is 10.3 Å². The average molecular weight is 169 g/mol. The third-order valence-corrected chi connectivity index (χ3v) is 2.41. The minimum Gasteiger partial charge on any atom is -0.316 e. The Morgan fingerprint density at radius 2 is 2.17 bits per heavy atom. The Balaban J connectivity index is 2.31. The fourth-order valence-electron chi connectivity index (χ4n) is 1.52. The summed E-state index contributed by atoms with van der Waals surface area (Å²) in [6.45, 7) is 1.77. The number of nitrogens with zero attached hydrogens (tertiary/aromatic N) is 2. The Morgan fingerprint density at radius 1 is 1.58 bits per heavy atom. The van der Waals surface area contributed by atoms with E-state index in [9.17, 15) is 0 Å². The van der Waals surface area contributed by atoms with Gasteiger partial charge in [-0.25, -0.2) is 0 Å². The first-order valence-corrected chi connectivity index (χ1v) is 4.22. The van der Waals surface area contributed by atoms with E-state index in [1.165, 1.54) is 0 Å². The Hall–Kier alpha value is -0.630. The summed E-state index contributed by atoms with van der Waals surface area (Å²) >= 11 is 0. The molecule has 0 aromatic rings. The maximum Gasteiger partial charge on any atom is 0.0957 e. The zero-order chi connectivity index (χ0) is 8.97. The standard InChI is InChI=1S/C8H15N3O/c1-12-11-4-2-7(3-5-11)8(10)6-9/h7-8H,2-5,10H2,1H3. The second-order valence-electron chi connectivity index (χ2n) is 3.10. The molecule has 1 rings (SSSR count). The van der Waals surface area contributed by atoms with E-state index in [4.69, 9.17) is 15.8 Å². The van der Waals surface area contributed by atoms with Gasteiger partial charge in [0.05, 0.1) is 19.2 Å². The molecule has 2 N–H and O–H groups in total. The summed E-state index contributed by atoms with van der Waals surface area (Å²) in [4.78, 5) is 5.06. The van der Waals surface area contributed by atoms with E-state index >= 15 is 0 Å². The smallest absolute Gasteiger partial charge is 0.0957 e. The van der Waals surface area contributed by atoms with Gasteiger partial charge in [0.25, 0.3) is 0 Å². The molecule has 1 aliphatic heterocycles. The Labute approximate surface area is 72.8 Å². The fraction of sp³-hybridized carbons (Fsp3) is 0.875. The molecular weight excluding hydrogens is 154 g/mol. The molecule has 12 heavy (non-hydrogen) atoms. The van der Waals surface area contributed by atoms with Gasteiger partial charge < -0.3 is 10.6 Å². The van der Waals surface area contributed by atoms with Gasteiger partial charge >= 0.3 is 0 Å². The minimum atomic E-state index is -0.302. The third kappa shape index (κ3) is 2.18. The van der Waals surface area contributed by atoms with Crippen LogP contribution in [-0.4, -0.2) is 31.3 Å². The van der Waals surface area contributed by atoms with Crippen LogP contribution < -0.4 is 5.73 Å². The van der Waals surface area contributed by atoms with Crippen LogP contribution in [0.1, 0.15) is 12.8 Å². The normalized spacial score (nSPS) is 23.4. The highest BCUT2D eigenvalue weighted by molar-refractivity contribution is 4.93. The number of hydroxylamine groups is 2. The predicted octanol–water partition coefficient (Wildman–Crippen LogP) is 0.111. The van der Waals surface area contributed by atoms with Gasteiger partial charge in [-0.1, -0.05) is 0 Å². The molecule has 0 aromatic carbocycles. The van der Waals surface area contributed by atoms with Crippen LogP contribution in [-0.2, 0) is 4.84 Å². The zero-order valence-corrected chi connectivity index (χ0v) is 7.36. The number of nitriles is 1. The largest absolute Gasteiger partial charge is 0.316 e. The van der Waals surface area contributed by atoms with Gasteiger partial charge in [0, 0.05) is 13.1 Å². The lowest BCUT2D eigenvalue weighted by Crippen LogP contribution is -2.39. The number of nitrogens with two attached hydrogens (primary N) is 1. The molecule has 1 fully saturated rings. The van der Waals surface area contributed by atoms with Crippen molar-refractivity contribution < 1.29 is 4.84 Å². The van der Waals surface area contributed by atoms with Crippen molar-refractivity contribution in [1.82, 2.24) is 5.06 Å². The van der Waals surface area contributed by atoms with Crippen molar-refractivity contribution in [2.45, 2.75) is 18.9 Å². The molecule has 0 aromatic heterocycles. The lowest BCUT2D eigenvalue weighted by Gasteiger charge is -2.30. The van der Waals surface area contributed by atoms with Crippen LogP contribution in [0.2, 0.25) is 0 Å². The lowest BCUT2D eigenvalue weighted by molar-refractivity contribution is -0.148. The van der Waals surface area contributed by atoms with E-state index in [2.05, 4.69) is 6.07 Å². The summed E-state index contributed by atoms with van der Waals surface area (Å²) in [6, 6.07) is 1.78. The van der Waals surface area contributed by atoms with Crippen LogP contribution >= 0.6 is 0 Å². The summed E-state index contributed by atoms with van der Waals surface area (Å²) in [6.07, 6.45) is 1.92. The maximum absolute atomic E-state index is 8.59. The average Bonchev–Trinajstić information content (AvgIpc) is 2.17. The highest BCUT2D eigenvalue weighted by Crippen LogP contribution is 2.18. The molecule has 4 nitrogen and oxygen atoms in total. The summed E-state index contributed by atoms with van der Waals surface area (Å²) in [5, 5.41) is 10.5. The van der Waals surface area contributed by atoms with Crippen molar-refractivity contribution >= 4 is 0 Å². The van der Waals surface area contributed by atoms with Gasteiger partial charge in [-0.3, -0.25) is 0 Å². The van der Waals surface area contributed by atoms with E-state index in [0.29, 0.717) is 5.92 Å². The van der Waals surface area contributed by atoms with Crippen molar-refractivity contribution in [3.63, 3.8) is 0 Å². The Bertz CT molecular complexity index is 170. The molecule has 0 amide bonds. The molecule has 0 bridgehead atoms. The van der Waals surface area contributed by atoms with Crippen LogP contribution in [0, 0.1) is 17.2 Å². The van der Waals surface area contributed by atoms with Gasteiger partial charge in [0.2, 0.25) is 0 Å². The second kappa shape index (κ2) is 4.41. The molecular formula is C8H15N3O. The quantitative estimate of drug-likeness (QED) is 0.637. The minimum absolute atomic E-state index is 0.302.